The number of ketones is 1. The maximum atomic E-state index is 12.9. The van der Waals surface area contributed by atoms with Crippen LogP contribution in [-0.4, -0.2) is 16.0 Å². The average molecular weight is 382 g/mol. The molecule has 0 saturated carbocycles. The molecule has 29 heavy (non-hydrogen) atoms. The third kappa shape index (κ3) is 3.36. The highest BCUT2D eigenvalue weighted by Crippen LogP contribution is 2.29. The third-order valence-corrected chi connectivity index (χ3v) is 5.02. The maximum Gasteiger partial charge on any atom is 0.261 e. The van der Waals surface area contributed by atoms with Gasteiger partial charge in [-0.25, -0.2) is 0 Å². The van der Waals surface area contributed by atoms with Crippen molar-refractivity contribution in [1.82, 2.24) is 0 Å². The largest absolute Gasteiger partial charge is 0.504 e. The molecular formula is C25H18O4. The zero-order chi connectivity index (χ0) is 20.5. The minimum absolute atomic E-state index is 0.165. The van der Waals surface area contributed by atoms with Crippen LogP contribution in [0.15, 0.2) is 83.7 Å². The molecule has 4 rings (SSSR count). The summed E-state index contributed by atoms with van der Waals surface area (Å²) in [6.45, 7) is 1.61. The Balaban J connectivity index is 1.76. The zero-order valence-corrected chi connectivity index (χ0v) is 15.7. The highest BCUT2D eigenvalue weighted by Gasteiger charge is 2.15. The summed E-state index contributed by atoms with van der Waals surface area (Å²) in [5, 5.41) is 21.8. The van der Waals surface area contributed by atoms with Gasteiger partial charge in [0.15, 0.2) is 17.3 Å². The monoisotopic (exact) mass is 382 g/mol. The molecule has 0 bridgehead atoms. The lowest BCUT2D eigenvalue weighted by Crippen LogP contribution is -2.02. The molecule has 0 spiro atoms. The molecule has 0 atom stereocenters. The summed E-state index contributed by atoms with van der Waals surface area (Å²) in [5.74, 6) is -1.59. The van der Waals surface area contributed by atoms with Crippen molar-refractivity contribution in [3.8, 4) is 22.6 Å². The first kappa shape index (κ1) is 18.4. The first-order valence-electron chi connectivity index (χ1n) is 9.15. The molecule has 0 radical (unpaired) electrons. The van der Waals surface area contributed by atoms with Gasteiger partial charge in [-0.15, -0.1) is 0 Å². The van der Waals surface area contributed by atoms with E-state index < -0.39 is 16.9 Å². The van der Waals surface area contributed by atoms with Crippen LogP contribution in [0.1, 0.15) is 21.5 Å². The first-order chi connectivity index (χ1) is 14.0. The molecule has 0 aromatic heterocycles. The van der Waals surface area contributed by atoms with Crippen molar-refractivity contribution in [2.75, 3.05) is 0 Å². The van der Waals surface area contributed by atoms with Gasteiger partial charge in [-0.3, -0.25) is 9.59 Å². The summed E-state index contributed by atoms with van der Waals surface area (Å²) >= 11 is 0. The quantitative estimate of drug-likeness (QED) is 0.498. The van der Waals surface area contributed by atoms with Crippen LogP contribution in [0.4, 0.5) is 0 Å². The van der Waals surface area contributed by atoms with E-state index in [4.69, 9.17) is 0 Å². The molecule has 0 amide bonds. The van der Waals surface area contributed by atoms with Crippen molar-refractivity contribution < 1.29 is 15.0 Å². The summed E-state index contributed by atoms with van der Waals surface area (Å²) in [5.41, 5.74) is 2.15. The molecule has 0 saturated heterocycles. The number of aryl methyl sites for hydroxylation is 1. The van der Waals surface area contributed by atoms with Crippen LogP contribution in [0.5, 0.6) is 11.5 Å². The van der Waals surface area contributed by atoms with E-state index >= 15 is 0 Å². The Morgan fingerprint density at radius 1 is 0.793 bits per heavy atom. The Morgan fingerprint density at radius 3 is 2.21 bits per heavy atom. The van der Waals surface area contributed by atoms with Crippen molar-refractivity contribution in [1.29, 1.82) is 0 Å². The minimum Gasteiger partial charge on any atom is -0.504 e. The van der Waals surface area contributed by atoms with E-state index in [0.29, 0.717) is 11.1 Å². The smallest absolute Gasteiger partial charge is 0.261 e. The lowest BCUT2D eigenvalue weighted by molar-refractivity contribution is 0.103. The van der Waals surface area contributed by atoms with Crippen molar-refractivity contribution in [3.63, 3.8) is 0 Å². The number of hydrogen-bond acceptors (Lipinski definition) is 4. The lowest BCUT2D eigenvalue weighted by atomic mass is 9.95. The lowest BCUT2D eigenvalue weighted by Gasteiger charge is -2.08. The zero-order valence-electron chi connectivity index (χ0n) is 15.7. The molecule has 0 aliphatic heterocycles. The SMILES string of the molecule is Cc1cc(O)c(=O)c(O)cc1C(=O)c1ccc(-c2cccc3ccccc23)cc1. The van der Waals surface area contributed by atoms with E-state index in [-0.39, 0.29) is 11.3 Å². The highest BCUT2D eigenvalue weighted by molar-refractivity contribution is 6.10. The average Bonchev–Trinajstić information content (AvgIpc) is 2.84. The minimum atomic E-state index is -0.904. The van der Waals surface area contributed by atoms with Crippen LogP contribution in [0, 0.1) is 6.92 Å². The third-order valence-electron chi connectivity index (χ3n) is 5.02. The van der Waals surface area contributed by atoms with E-state index in [1.807, 2.05) is 36.4 Å². The van der Waals surface area contributed by atoms with Gasteiger partial charge >= 0.3 is 0 Å². The summed E-state index contributed by atoms with van der Waals surface area (Å²) in [6, 6.07) is 23.7. The van der Waals surface area contributed by atoms with Crippen LogP contribution >= 0.6 is 0 Å². The Kier molecular flexibility index (Phi) is 4.61. The Morgan fingerprint density at radius 2 is 1.45 bits per heavy atom. The molecule has 4 nitrogen and oxygen atoms in total. The standard InChI is InChI=1S/C25H18O4/c1-15-13-22(26)25(29)23(27)14-21(15)24(28)18-11-9-17(10-12-18)20-8-4-6-16-5-2-3-7-19(16)20/h2-14H,1H3,(H2,26,27,29). The molecule has 0 heterocycles. The molecule has 4 aromatic carbocycles. The van der Waals surface area contributed by atoms with E-state index in [1.165, 1.54) is 6.07 Å². The van der Waals surface area contributed by atoms with Crippen molar-refractivity contribution in [2.45, 2.75) is 6.92 Å². The second-order valence-electron chi connectivity index (χ2n) is 6.92. The molecule has 2 N–H and O–H groups in total. The van der Waals surface area contributed by atoms with Crippen molar-refractivity contribution in [2.24, 2.45) is 0 Å². The number of rotatable bonds is 3. The van der Waals surface area contributed by atoms with Gasteiger partial charge in [0, 0.05) is 11.1 Å². The molecule has 0 fully saturated rings. The molecule has 142 valence electrons. The number of aromatic hydroxyl groups is 2. The summed E-state index contributed by atoms with van der Waals surface area (Å²) in [7, 11) is 0. The molecule has 0 aliphatic rings. The second-order valence-corrected chi connectivity index (χ2v) is 6.92. The van der Waals surface area contributed by atoms with Gasteiger partial charge in [0.1, 0.15) is 0 Å². The second kappa shape index (κ2) is 7.24. The fourth-order valence-corrected chi connectivity index (χ4v) is 3.47. The fraction of sp³-hybridized carbons (Fsp3) is 0.0400. The van der Waals surface area contributed by atoms with Gasteiger partial charge in [-0.1, -0.05) is 66.7 Å². The molecule has 0 unspecified atom stereocenters. The number of hydrogen-bond donors (Lipinski definition) is 2. The first-order valence-corrected chi connectivity index (χ1v) is 9.15. The van der Waals surface area contributed by atoms with E-state index in [1.54, 1.807) is 19.1 Å². The van der Waals surface area contributed by atoms with Gasteiger partial charge in [-0.2, -0.15) is 0 Å². The molecule has 0 aliphatic carbocycles. The van der Waals surface area contributed by atoms with Gasteiger partial charge in [0.25, 0.3) is 5.43 Å². The van der Waals surface area contributed by atoms with Crippen LogP contribution in [0.2, 0.25) is 0 Å². The van der Waals surface area contributed by atoms with Gasteiger partial charge in [0.2, 0.25) is 0 Å². The summed E-state index contributed by atoms with van der Waals surface area (Å²) in [6.07, 6.45) is 0. The van der Waals surface area contributed by atoms with Crippen molar-refractivity contribution >= 4 is 16.6 Å². The number of carbonyl (C=O) groups is 1. The van der Waals surface area contributed by atoms with Gasteiger partial charge < -0.3 is 10.2 Å². The van der Waals surface area contributed by atoms with Crippen LogP contribution in [0.3, 0.4) is 0 Å². The van der Waals surface area contributed by atoms with Crippen LogP contribution in [0.25, 0.3) is 21.9 Å². The van der Waals surface area contributed by atoms with E-state index in [2.05, 4.69) is 18.2 Å². The van der Waals surface area contributed by atoms with E-state index in [0.717, 1.165) is 28.0 Å². The Hall–Kier alpha value is -3.92. The molecular weight excluding hydrogens is 364 g/mol. The predicted octanol–water partition coefficient (Wildman–Crippen LogP) is 4.82. The highest BCUT2D eigenvalue weighted by atomic mass is 16.3. The Labute approximate surface area is 167 Å². The van der Waals surface area contributed by atoms with Gasteiger partial charge in [0.05, 0.1) is 0 Å². The number of benzene rings is 3. The normalized spacial score (nSPS) is 10.8. The van der Waals surface area contributed by atoms with Crippen LogP contribution in [-0.2, 0) is 0 Å². The summed E-state index contributed by atoms with van der Waals surface area (Å²) in [4.78, 5) is 24.7. The predicted molar refractivity (Wildman–Crippen MR) is 114 cm³/mol. The summed E-state index contributed by atoms with van der Waals surface area (Å²) < 4.78 is 0. The molecule has 4 aromatic rings. The molecule has 4 heteroatoms. The topological polar surface area (TPSA) is 74.6 Å². The fourth-order valence-electron chi connectivity index (χ4n) is 3.47. The number of carbonyl (C=O) groups excluding carboxylic acids is 1. The van der Waals surface area contributed by atoms with E-state index in [9.17, 15) is 19.8 Å². The Bertz CT molecular complexity index is 1300. The van der Waals surface area contributed by atoms with Crippen molar-refractivity contribution in [3.05, 3.63) is 106 Å². The van der Waals surface area contributed by atoms with Crippen LogP contribution < -0.4 is 5.43 Å². The number of fused-ring (bicyclic) bond motifs is 1. The maximum absolute atomic E-state index is 12.9. The van der Waals surface area contributed by atoms with Gasteiger partial charge in [-0.05, 0) is 46.5 Å².